The van der Waals surface area contributed by atoms with Crippen LogP contribution >= 0.6 is 0 Å². The molecule has 1 heterocycles. The number of nitrogens with zero attached hydrogens (tertiary/aromatic N) is 1. The summed E-state index contributed by atoms with van der Waals surface area (Å²) in [6.45, 7) is 2.79. The Morgan fingerprint density at radius 3 is 2.72 bits per heavy atom. The van der Waals surface area contributed by atoms with Crippen molar-refractivity contribution in [3.63, 3.8) is 0 Å². The summed E-state index contributed by atoms with van der Waals surface area (Å²) in [6, 6.07) is 15.0. The first-order valence-corrected chi connectivity index (χ1v) is 8.59. The summed E-state index contributed by atoms with van der Waals surface area (Å²) in [5, 5.41) is 3.93. The van der Waals surface area contributed by atoms with Gasteiger partial charge < -0.3 is 10.1 Å². The highest BCUT2D eigenvalue weighted by Crippen LogP contribution is 2.29. The standard InChI is InChI=1S/C21H20N2O2/c1-14-4-11-19(18-3-2-12-22-20(14)18)23-21(24)16-7-9-17(10-8-16)25-13-15-5-6-15/h2-4,7-12,15H,5-6,13H2,1H3,(H,23,24). The first-order valence-electron chi connectivity index (χ1n) is 8.59. The topological polar surface area (TPSA) is 51.2 Å². The predicted octanol–water partition coefficient (Wildman–Crippen LogP) is 4.58. The highest BCUT2D eigenvalue weighted by molar-refractivity contribution is 6.09. The van der Waals surface area contributed by atoms with Crippen LogP contribution < -0.4 is 10.1 Å². The fourth-order valence-corrected chi connectivity index (χ4v) is 2.82. The van der Waals surface area contributed by atoms with Crippen molar-refractivity contribution in [2.75, 3.05) is 11.9 Å². The second kappa shape index (κ2) is 6.55. The number of fused-ring (bicyclic) bond motifs is 1. The van der Waals surface area contributed by atoms with Crippen molar-refractivity contribution in [1.82, 2.24) is 4.98 Å². The molecule has 126 valence electrons. The van der Waals surface area contributed by atoms with E-state index in [2.05, 4.69) is 10.3 Å². The number of anilines is 1. The van der Waals surface area contributed by atoms with Crippen molar-refractivity contribution in [3.8, 4) is 5.75 Å². The zero-order chi connectivity index (χ0) is 17.2. The van der Waals surface area contributed by atoms with Crippen molar-refractivity contribution in [3.05, 3.63) is 65.9 Å². The molecule has 4 heteroatoms. The summed E-state index contributed by atoms with van der Waals surface area (Å²) in [5.74, 6) is 1.39. The highest BCUT2D eigenvalue weighted by Gasteiger charge is 2.21. The van der Waals surface area contributed by atoms with E-state index in [4.69, 9.17) is 4.74 Å². The number of hydrogen-bond acceptors (Lipinski definition) is 3. The molecule has 0 saturated heterocycles. The van der Waals surface area contributed by atoms with Gasteiger partial charge in [-0.2, -0.15) is 0 Å². The number of nitrogens with one attached hydrogen (secondary N) is 1. The Morgan fingerprint density at radius 1 is 1.16 bits per heavy atom. The van der Waals surface area contributed by atoms with Gasteiger partial charge in [-0.25, -0.2) is 0 Å². The fourth-order valence-electron chi connectivity index (χ4n) is 2.82. The Balaban J connectivity index is 1.51. The van der Waals surface area contributed by atoms with Crippen molar-refractivity contribution in [2.24, 2.45) is 5.92 Å². The lowest BCUT2D eigenvalue weighted by Gasteiger charge is -2.10. The molecule has 4 nitrogen and oxygen atoms in total. The van der Waals surface area contributed by atoms with Crippen LogP contribution in [0.15, 0.2) is 54.7 Å². The summed E-state index contributed by atoms with van der Waals surface area (Å²) < 4.78 is 5.71. The van der Waals surface area contributed by atoms with Crippen LogP contribution in [0.5, 0.6) is 5.75 Å². The first kappa shape index (κ1) is 15.6. The number of benzene rings is 2. The lowest BCUT2D eigenvalue weighted by molar-refractivity contribution is 0.102. The third-order valence-corrected chi connectivity index (χ3v) is 4.52. The second-order valence-corrected chi connectivity index (χ2v) is 6.56. The van der Waals surface area contributed by atoms with E-state index in [9.17, 15) is 4.79 Å². The summed E-state index contributed by atoms with van der Waals surface area (Å²) in [6.07, 6.45) is 4.29. The third kappa shape index (κ3) is 3.48. The molecule has 1 N–H and O–H groups in total. The number of aryl methyl sites for hydroxylation is 1. The van der Waals surface area contributed by atoms with Gasteiger partial charge in [0.2, 0.25) is 0 Å². The molecule has 0 atom stereocenters. The number of aromatic nitrogens is 1. The van der Waals surface area contributed by atoms with Crippen LogP contribution in [0, 0.1) is 12.8 Å². The SMILES string of the molecule is Cc1ccc(NC(=O)c2ccc(OCC3CC3)cc2)c2cccnc12. The molecule has 0 aliphatic heterocycles. The normalized spacial score (nSPS) is 13.6. The van der Waals surface area contributed by atoms with Gasteiger partial charge in [0.15, 0.2) is 0 Å². The summed E-state index contributed by atoms with van der Waals surface area (Å²) in [5.41, 5.74) is 3.37. The minimum absolute atomic E-state index is 0.136. The minimum Gasteiger partial charge on any atom is -0.493 e. The zero-order valence-corrected chi connectivity index (χ0v) is 14.2. The van der Waals surface area contributed by atoms with E-state index in [1.807, 2.05) is 43.3 Å². The monoisotopic (exact) mass is 332 g/mol. The Labute approximate surface area is 146 Å². The number of rotatable bonds is 5. The van der Waals surface area contributed by atoms with E-state index in [-0.39, 0.29) is 5.91 Å². The Morgan fingerprint density at radius 2 is 1.96 bits per heavy atom. The molecule has 2 aromatic carbocycles. The number of hydrogen-bond donors (Lipinski definition) is 1. The van der Waals surface area contributed by atoms with Crippen LogP contribution in [0.3, 0.4) is 0 Å². The van der Waals surface area contributed by atoms with Gasteiger partial charge in [-0.15, -0.1) is 0 Å². The summed E-state index contributed by atoms with van der Waals surface area (Å²) in [4.78, 5) is 17.0. The van der Waals surface area contributed by atoms with E-state index < -0.39 is 0 Å². The molecule has 1 fully saturated rings. The molecule has 0 spiro atoms. The minimum atomic E-state index is -0.136. The quantitative estimate of drug-likeness (QED) is 0.744. The zero-order valence-electron chi connectivity index (χ0n) is 14.2. The first-order chi connectivity index (χ1) is 12.2. The van der Waals surface area contributed by atoms with E-state index in [1.54, 1.807) is 18.3 Å². The molecule has 1 aliphatic carbocycles. The lowest BCUT2D eigenvalue weighted by Crippen LogP contribution is -2.12. The average molecular weight is 332 g/mol. The van der Waals surface area contributed by atoms with E-state index in [0.29, 0.717) is 11.5 Å². The molecule has 25 heavy (non-hydrogen) atoms. The molecule has 0 unspecified atom stereocenters. The fraction of sp³-hybridized carbons (Fsp3) is 0.238. The maximum absolute atomic E-state index is 12.6. The Kier molecular flexibility index (Phi) is 4.10. The van der Waals surface area contributed by atoms with Crippen molar-refractivity contribution >= 4 is 22.5 Å². The van der Waals surface area contributed by atoms with Gasteiger partial charge in [0.25, 0.3) is 5.91 Å². The maximum atomic E-state index is 12.6. The molecule has 1 saturated carbocycles. The van der Waals surface area contributed by atoms with Crippen LogP contribution in [0.25, 0.3) is 10.9 Å². The molecule has 1 aliphatic rings. The number of carbonyl (C=O) groups is 1. The average Bonchev–Trinajstić information content (AvgIpc) is 3.47. The van der Waals surface area contributed by atoms with Crippen LogP contribution in [0.2, 0.25) is 0 Å². The van der Waals surface area contributed by atoms with Crippen molar-refractivity contribution in [1.29, 1.82) is 0 Å². The summed E-state index contributed by atoms with van der Waals surface area (Å²) in [7, 11) is 0. The van der Waals surface area contributed by atoms with Crippen molar-refractivity contribution < 1.29 is 9.53 Å². The summed E-state index contributed by atoms with van der Waals surface area (Å²) >= 11 is 0. The maximum Gasteiger partial charge on any atom is 0.255 e. The molecular formula is C21H20N2O2. The van der Waals surface area contributed by atoms with Crippen LogP contribution in [0.4, 0.5) is 5.69 Å². The van der Waals surface area contributed by atoms with Gasteiger partial charge in [0.05, 0.1) is 17.8 Å². The van der Waals surface area contributed by atoms with Crippen LogP contribution in [0.1, 0.15) is 28.8 Å². The molecular weight excluding hydrogens is 312 g/mol. The van der Waals surface area contributed by atoms with Gasteiger partial charge in [-0.3, -0.25) is 9.78 Å². The van der Waals surface area contributed by atoms with Crippen LogP contribution in [-0.4, -0.2) is 17.5 Å². The van der Waals surface area contributed by atoms with Gasteiger partial charge in [0.1, 0.15) is 5.75 Å². The molecule has 0 radical (unpaired) electrons. The molecule has 0 bridgehead atoms. The molecule has 4 rings (SSSR count). The van der Waals surface area contributed by atoms with Gasteiger partial charge in [0, 0.05) is 17.1 Å². The van der Waals surface area contributed by atoms with E-state index in [0.717, 1.165) is 34.5 Å². The van der Waals surface area contributed by atoms with Crippen LogP contribution in [-0.2, 0) is 0 Å². The van der Waals surface area contributed by atoms with Gasteiger partial charge in [-0.1, -0.05) is 6.07 Å². The van der Waals surface area contributed by atoms with E-state index in [1.165, 1.54) is 12.8 Å². The third-order valence-electron chi connectivity index (χ3n) is 4.52. The van der Waals surface area contributed by atoms with Gasteiger partial charge in [-0.05, 0) is 73.7 Å². The largest absolute Gasteiger partial charge is 0.493 e. The number of pyridine rings is 1. The van der Waals surface area contributed by atoms with E-state index >= 15 is 0 Å². The second-order valence-electron chi connectivity index (χ2n) is 6.56. The van der Waals surface area contributed by atoms with Crippen molar-refractivity contribution in [2.45, 2.75) is 19.8 Å². The highest BCUT2D eigenvalue weighted by atomic mass is 16.5. The number of amides is 1. The smallest absolute Gasteiger partial charge is 0.255 e. The Hall–Kier alpha value is -2.88. The van der Waals surface area contributed by atoms with Gasteiger partial charge >= 0.3 is 0 Å². The predicted molar refractivity (Wildman–Crippen MR) is 99.1 cm³/mol. The lowest BCUT2D eigenvalue weighted by atomic mass is 10.1. The molecule has 3 aromatic rings. The molecule has 1 aromatic heterocycles. The number of carbonyl (C=O) groups excluding carboxylic acids is 1. The number of ether oxygens (including phenoxy) is 1. The molecule has 1 amide bonds. The Bertz CT molecular complexity index is 915.